The molecule has 156 valence electrons. The van der Waals surface area contributed by atoms with Gasteiger partial charge in [-0.1, -0.05) is 0 Å². The lowest BCUT2D eigenvalue weighted by Gasteiger charge is -2.35. The molecule has 1 aliphatic rings. The molecular formula is C23H27N4O3+. The third-order valence-electron chi connectivity index (χ3n) is 5.81. The van der Waals surface area contributed by atoms with E-state index in [1.54, 1.807) is 14.0 Å². The number of aromatic nitrogens is 2. The Balaban J connectivity index is 1.37. The van der Waals surface area contributed by atoms with Crippen molar-refractivity contribution < 1.29 is 18.8 Å². The molecule has 3 aromatic rings. The van der Waals surface area contributed by atoms with Gasteiger partial charge < -0.3 is 19.0 Å². The van der Waals surface area contributed by atoms with E-state index >= 15 is 0 Å². The van der Waals surface area contributed by atoms with E-state index < -0.39 is 0 Å². The first kappa shape index (κ1) is 20.1. The summed E-state index contributed by atoms with van der Waals surface area (Å²) in [5, 5.41) is 8.53. The van der Waals surface area contributed by atoms with Crippen LogP contribution in [-0.2, 0) is 0 Å². The van der Waals surface area contributed by atoms with Gasteiger partial charge in [0.15, 0.2) is 11.8 Å². The zero-order valence-electron chi connectivity index (χ0n) is 17.6. The van der Waals surface area contributed by atoms with Crippen molar-refractivity contribution in [1.29, 1.82) is 0 Å². The number of hydrogen-bond donors (Lipinski definition) is 1. The minimum absolute atomic E-state index is 0.0956. The number of carbonyl (C=O) groups is 1. The number of carbonyl (C=O) groups excluding carboxylic acids is 1. The number of rotatable bonds is 6. The molecule has 2 heterocycles. The lowest BCUT2D eigenvalue weighted by Crippen LogP contribution is -3.14. The van der Waals surface area contributed by atoms with Crippen molar-refractivity contribution in [2.24, 2.45) is 0 Å². The molecule has 1 N–H and O–H groups in total. The minimum atomic E-state index is 0.0956. The van der Waals surface area contributed by atoms with E-state index in [1.165, 1.54) is 4.90 Å². The number of methoxy groups -OCH3 is 1. The molecule has 0 saturated carbocycles. The van der Waals surface area contributed by atoms with Crippen LogP contribution in [0.1, 0.15) is 36.1 Å². The molecular weight excluding hydrogens is 380 g/mol. The molecule has 0 unspecified atom stereocenters. The van der Waals surface area contributed by atoms with Crippen LogP contribution < -0.4 is 14.5 Å². The molecule has 2 aromatic carbocycles. The number of anilines is 1. The average molecular weight is 407 g/mol. The zero-order valence-corrected chi connectivity index (χ0v) is 17.6. The Bertz CT molecular complexity index is 990. The van der Waals surface area contributed by atoms with E-state index in [2.05, 4.69) is 22.0 Å². The second-order valence-electron chi connectivity index (χ2n) is 7.64. The Morgan fingerprint density at radius 1 is 1.07 bits per heavy atom. The fraction of sp³-hybridized carbons (Fsp3) is 0.348. The van der Waals surface area contributed by atoms with Crippen LogP contribution in [0.2, 0.25) is 0 Å². The van der Waals surface area contributed by atoms with Gasteiger partial charge in [0, 0.05) is 16.8 Å². The smallest absolute Gasteiger partial charge is 0.274 e. The van der Waals surface area contributed by atoms with Crippen molar-refractivity contribution >= 4 is 11.5 Å². The van der Waals surface area contributed by atoms with Gasteiger partial charge in [-0.15, -0.1) is 10.2 Å². The second-order valence-corrected chi connectivity index (χ2v) is 7.64. The lowest BCUT2D eigenvalue weighted by molar-refractivity contribution is -0.931. The topological polar surface area (TPSA) is 72.9 Å². The van der Waals surface area contributed by atoms with Gasteiger partial charge in [-0.05, 0) is 62.4 Å². The largest absolute Gasteiger partial charge is 0.497 e. The van der Waals surface area contributed by atoms with Crippen LogP contribution in [0.25, 0.3) is 11.5 Å². The number of nitrogens with one attached hydrogen (secondary N) is 1. The number of ketones is 1. The molecule has 0 radical (unpaired) electrons. The molecule has 1 aliphatic heterocycles. The number of piperazine rings is 1. The van der Waals surface area contributed by atoms with Gasteiger partial charge in [-0.25, -0.2) is 0 Å². The fourth-order valence-electron chi connectivity index (χ4n) is 3.83. The highest BCUT2D eigenvalue weighted by molar-refractivity contribution is 5.94. The van der Waals surface area contributed by atoms with Crippen molar-refractivity contribution in [3.8, 4) is 17.2 Å². The number of nitrogens with zero attached hydrogens (tertiary/aromatic N) is 3. The molecule has 1 atom stereocenters. The van der Waals surface area contributed by atoms with Crippen LogP contribution in [0.15, 0.2) is 52.9 Å². The van der Waals surface area contributed by atoms with Crippen molar-refractivity contribution in [3.05, 3.63) is 60.0 Å². The summed E-state index contributed by atoms with van der Waals surface area (Å²) >= 11 is 0. The van der Waals surface area contributed by atoms with E-state index in [9.17, 15) is 4.79 Å². The van der Waals surface area contributed by atoms with Gasteiger partial charge in [-0.3, -0.25) is 4.79 Å². The molecule has 0 aliphatic carbocycles. The van der Waals surface area contributed by atoms with Crippen LogP contribution in [0, 0.1) is 0 Å². The summed E-state index contributed by atoms with van der Waals surface area (Å²) in [6.07, 6.45) is 0. The Labute approximate surface area is 176 Å². The van der Waals surface area contributed by atoms with Crippen LogP contribution >= 0.6 is 0 Å². The highest BCUT2D eigenvalue weighted by atomic mass is 16.5. The highest BCUT2D eigenvalue weighted by Crippen LogP contribution is 2.22. The third-order valence-corrected chi connectivity index (χ3v) is 5.81. The number of benzene rings is 2. The molecule has 7 heteroatoms. The predicted molar refractivity (Wildman–Crippen MR) is 114 cm³/mol. The minimum Gasteiger partial charge on any atom is -0.497 e. The first-order chi connectivity index (χ1) is 14.5. The van der Waals surface area contributed by atoms with Crippen molar-refractivity contribution in [3.63, 3.8) is 0 Å². The number of ether oxygens (including phenoxy) is 1. The fourth-order valence-corrected chi connectivity index (χ4v) is 3.83. The molecule has 0 bridgehead atoms. The van der Waals surface area contributed by atoms with Gasteiger partial charge in [0.1, 0.15) is 5.75 Å². The molecule has 1 aromatic heterocycles. The van der Waals surface area contributed by atoms with Gasteiger partial charge in [-0.2, -0.15) is 0 Å². The molecule has 1 saturated heterocycles. The van der Waals surface area contributed by atoms with E-state index in [0.717, 1.165) is 48.7 Å². The van der Waals surface area contributed by atoms with Crippen molar-refractivity contribution in [2.45, 2.75) is 19.9 Å². The number of quaternary nitrogens is 1. The highest BCUT2D eigenvalue weighted by Gasteiger charge is 2.29. The van der Waals surface area contributed by atoms with Crippen LogP contribution in [0.3, 0.4) is 0 Å². The maximum absolute atomic E-state index is 11.5. The summed E-state index contributed by atoms with van der Waals surface area (Å²) in [6, 6.07) is 15.6. The maximum Gasteiger partial charge on any atom is 0.274 e. The lowest BCUT2D eigenvalue weighted by atomic mass is 10.1. The molecule has 7 nitrogen and oxygen atoms in total. The SMILES string of the molecule is COc1ccc(-c2nnc([C@H](C)[NH+]3CCN(c4ccc(C(C)=O)cc4)CC3)o2)cc1. The zero-order chi connectivity index (χ0) is 21.1. The molecule has 4 rings (SSSR count). The van der Waals surface area contributed by atoms with Gasteiger partial charge in [0.05, 0.1) is 33.3 Å². The van der Waals surface area contributed by atoms with Gasteiger partial charge in [0.2, 0.25) is 5.89 Å². The Morgan fingerprint density at radius 3 is 2.33 bits per heavy atom. The molecule has 0 amide bonds. The van der Waals surface area contributed by atoms with Crippen molar-refractivity contribution in [2.75, 3.05) is 38.2 Å². The quantitative estimate of drug-likeness (QED) is 0.633. The van der Waals surface area contributed by atoms with Crippen LogP contribution in [0.5, 0.6) is 5.75 Å². The summed E-state index contributed by atoms with van der Waals surface area (Å²) in [5.74, 6) is 2.08. The van der Waals surface area contributed by atoms with E-state index in [4.69, 9.17) is 9.15 Å². The summed E-state index contributed by atoms with van der Waals surface area (Å²) in [4.78, 5) is 15.2. The molecule has 0 spiro atoms. The Morgan fingerprint density at radius 2 is 1.73 bits per heavy atom. The van der Waals surface area contributed by atoms with Gasteiger partial charge >= 0.3 is 0 Å². The first-order valence-corrected chi connectivity index (χ1v) is 10.2. The van der Waals surface area contributed by atoms with E-state index in [0.29, 0.717) is 11.8 Å². The summed E-state index contributed by atoms with van der Waals surface area (Å²) in [5.41, 5.74) is 2.79. The third kappa shape index (κ3) is 4.21. The first-order valence-electron chi connectivity index (χ1n) is 10.2. The van der Waals surface area contributed by atoms with Crippen LogP contribution in [0.4, 0.5) is 5.69 Å². The number of Topliss-reactive ketones (excluding diaryl/α,β-unsaturated/α-hetero) is 1. The summed E-state index contributed by atoms with van der Waals surface area (Å²) in [6.45, 7) is 7.58. The summed E-state index contributed by atoms with van der Waals surface area (Å²) < 4.78 is 11.2. The maximum atomic E-state index is 11.5. The predicted octanol–water partition coefficient (Wildman–Crippen LogP) is 2.41. The second kappa shape index (κ2) is 8.67. The average Bonchev–Trinajstić information content (AvgIpc) is 3.29. The van der Waals surface area contributed by atoms with Crippen LogP contribution in [-0.4, -0.2) is 49.3 Å². The molecule has 30 heavy (non-hydrogen) atoms. The van der Waals surface area contributed by atoms with E-state index in [1.807, 2.05) is 48.5 Å². The van der Waals surface area contributed by atoms with Gasteiger partial charge in [0.25, 0.3) is 5.89 Å². The molecule has 1 fully saturated rings. The standard InChI is InChI=1S/C23H26N4O3/c1-16(22-24-25-23(30-22)19-6-10-21(29-3)11-7-19)26-12-14-27(15-13-26)20-8-4-18(5-9-20)17(2)28/h4-11,16H,12-15H2,1-3H3/p+1/t16-/m0/s1. The normalized spacial score (nSPS) is 15.8. The Hall–Kier alpha value is -3.19. The Kier molecular flexibility index (Phi) is 5.81. The van der Waals surface area contributed by atoms with E-state index in [-0.39, 0.29) is 11.8 Å². The summed E-state index contributed by atoms with van der Waals surface area (Å²) in [7, 11) is 1.64. The number of hydrogen-bond acceptors (Lipinski definition) is 6. The van der Waals surface area contributed by atoms with Crippen molar-refractivity contribution in [1.82, 2.24) is 10.2 Å². The monoisotopic (exact) mass is 407 g/mol.